The minimum atomic E-state index is -0.341. The van der Waals surface area contributed by atoms with E-state index in [1.54, 1.807) is 23.1 Å². The molecule has 3 N–H and O–H groups in total. The molecule has 1 saturated carbocycles. The highest BCUT2D eigenvalue weighted by atomic mass is 19.1. The summed E-state index contributed by atoms with van der Waals surface area (Å²) in [7, 11) is 0. The first-order chi connectivity index (χ1) is 13.6. The number of nitrogens with one attached hydrogen (secondary N) is 3. The van der Waals surface area contributed by atoms with Crippen molar-refractivity contribution >= 4 is 11.8 Å². The summed E-state index contributed by atoms with van der Waals surface area (Å²) in [5.74, 6) is -0.206. The Bertz CT molecular complexity index is 731. The van der Waals surface area contributed by atoms with Crippen molar-refractivity contribution in [3.8, 4) is 0 Å². The van der Waals surface area contributed by atoms with Gasteiger partial charge in [-0.15, -0.1) is 0 Å². The van der Waals surface area contributed by atoms with Gasteiger partial charge in [0.2, 0.25) is 11.8 Å². The summed E-state index contributed by atoms with van der Waals surface area (Å²) in [4.78, 5) is 27.3. The van der Waals surface area contributed by atoms with Crippen LogP contribution >= 0.6 is 0 Å². The zero-order valence-corrected chi connectivity index (χ0v) is 15.8. The lowest BCUT2D eigenvalue weighted by Crippen LogP contribution is -2.56. The van der Waals surface area contributed by atoms with Crippen LogP contribution in [0, 0.1) is 11.7 Å². The smallest absolute Gasteiger partial charge is 0.241 e. The van der Waals surface area contributed by atoms with Gasteiger partial charge >= 0.3 is 0 Å². The number of carbonyl (C=O) groups is 2. The lowest BCUT2D eigenvalue weighted by atomic mass is 9.95. The maximum absolute atomic E-state index is 13.7. The summed E-state index contributed by atoms with van der Waals surface area (Å²) in [5.41, 5.74) is 6.84. The third kappa shape index (κ3) is 4.04. The summed E-state index contributed by atoms with van der Waals surface area (Å²) in [6, 6.07) is 6.18. The Morgan fingerprint density at radius 3 is 2.96 bits per heavy atom. The van der Waals surface area contributed by atoms with Gasteiger partial charge in [-0.3, -0.25) is 15.0 Å². The van der Waals surface area contributed by atoms with Crippen LogP contribution in [-0.2, 0) is 20.9 Å². The van der Waals surface area contributed by atoms with Crippen molar-refractivity contribution in [3.05, 3.63) is 35.6 Å². The number of amides is 2. The number of hydrazine groups is 1. The molecular weight excluding hydrogens is 363 g/mol. The van der Waals surface area contributed by atoms with E-state index in [1.807, 2.05) is 0 Å². The fraction of sp³-hybridized carbons (Fsp3) is 0.600. The average molecular weight is 390 g/mol. The van der Waals surface area contributed by atoms with Gasteiger partial charge < -0.3 is 15.0 Å². The number of carbonyl (C=O) groups excluding carboxylic acids is 2. The van der Waals surface area contributed by atoms with Crippen molar-refractivity contribution in [2.24, 2.45) is 5.92 Å². The van der Waals surface area contributed by atoms with Crippen LogP contribution < -0.4 is 16.2 Å². The van der Waals surface area contributed by atoms with E-state index in [1.165, 1.54) is 6.07 Å². The molecule has 0 radical (unpaired) electrons. The van der Waals surface area contributed by atoms with Gasteiger partial charge in [0, 0.05) is 37.0 Å². The van der Waals surface area contributed by atoms with E-state index in [9.17, 15) is 14.0 Å². The molecule has 2 saturated heterocycles. The summed E-state index contributed by atoms with van der Waals surface area (Å²) in [6.45, 7) is 1.44. The van der Waals surface area contributed by atoms with Crippen LogP contribution in [0.25, 0.3) is 0 Å². The number of benzene rings is 1. The maximum atomic E-state index is 13.7. The van der Waals surface area contributed by atoms with Crippen molar-refractivity contribution in [1.82, 2.24) is 21.1 Å². The van der Waals surface area contributed by atoms with E-state index < -0.39 is 0 Å². The van der Waals surface area contributed by atoms with E-state index in [2.05, 4.69) is 16.2 Å². The summed E-state index contributed by atoms with van der Waals surface area (Å²) in [5, 5.41) is 2.75. The van der Waals surface area contributed by atoms with Crippen LogP contribution in [-0.4, -0.2) is 54.6 Å². The standard InChI is InChI=1S/C20H27FN4O3/c21-16-6-2-1-4-13(16)11-22-18(26)10-14-12-28-9-8-25(14)20(27)19-15-5-3-7-17(15)23-24-19/h1-2,4,6,14-15,17,19,23-24H,3,5,7-12H2,(H,22,26). The molecule has 8 heteroatoms. The van der Waals surface area contributed by atoms with E-state index in [0.717, 1.165) is 19.3 Å². The highest BCUT2D eigenvalue weighted by Crippen LogP contribution is 2.32. The van der Waals surface area contributed by atoms with Crippen molar-refractivity contribution in [3.63, 3.8) is 0 Å². The Morgan fingerprint density at radius 1 is 1.25 bits per heavy atom. The molecule has 3 fully saturated rings. The lowest BCUT2D eigenvalue weighted by molar-refractivity contribution is -0.144. The fourth-order valence-electron chi connectivity index (χ4n) is 4.53. The summed E-state index contributed by atoms with van der Waals surface area (Å²) < 4.78 is 19.2. The SMILES string of the molecule is O=C(CC1COCCN1C(=O)C1NNC2CCCC21)NCc1ccccc1F. The predicted octanol–water partition coefficient (Wildman–Crippen LogP) is 0.705. The Balaban J connectivity index is 1.35. The van der Waals surface area contributed by atoms with Gasteiger partial charge in [-0.05, 0) is 18.9 Å². The molecule has 4 atom stereocenters. The number of nitrogens with zero attached hydrogens (tertiary/aromatic N) is 1. The first kappa shape index (κ1) is 19.3. The number of halogens is 1. The molecule has 4 unspecified atom stereocenters. The van der Waals surface area contributed by atoms with Gasteiger partial charge in [-0.1, -0.05) is 24.6 Å². The molecule has 3 aliphatic rings. The molecule has 0 bridgehead atoms. The van der Waals surface area contributed by atoms with Crippen molar-refractivity contribution in [2.75, 3.05) is 19.8 Å². The van der Waals surface area contributed by atoms with Gasteiger partial charge in [0.15, 0.2) is 0 Å². The Hall–Kier alpha value is -2.03. The van der Waals surface area contributed by atoms with Crippen molar-refractivity contribution in [2.45, 2.75) is 50.4 Å². The minimum Gasteiger partial charge on any atom is -0.377 e. The largest absolute Gasteiger partial charge is 0.377 e. The van der Waals surface area contributed by atoms with Crippen molar-refractivity contribution < 1.29 is 18.7 Å². The van der Waals surface area contributed by atoms with E-state index in [-0.39, 0.29) is 42.7 Å². The van der Waals surface area contributed by atoms with Gasteiger partial charge in [0.25, 0.3) is 0 Å². The molecular formula is C20H27FN4O3. The Labute approximate surface area is 164 Å². The second-order valence-electron chi connectivity index (χ2n) is 7.80. The second kappa shape index (κ2) is 8.55. The molecule has 2 aliphatic heterocycles. The number of hydrogen-bond acceptors (Lipinski definition) is 5. The Morgan fingerprint density at radius 2 is 2.11 bits per heavy atom. The second-order valence-corrected chi connectivity index (χ2v) is 7.80. The molecule has 28 heavy (non-hydrogen) atoms. The third-order valence-electron chi connectivity index (χ3n) is 6.05. The number of fused-ring (bicyclic) bond motifs is 1. The van der Waals surface area contributed by atoms with Crippen LogP contribution in [0.4, 0.5) is 4.39 Å². The molecule has 0 spiro atoms. The fourth-order valence-corrected chi connectivity index (χ4v) is 4.53. The number of morpholine rings is 1. The van der Waals surface area contributed by atoms with E-state index in [4.69, 9.17) is 4.74 Å². The minimum absolute atomic E-state index is 0.0390. The molecule has 0 aromatic heterocycles. The Kier molecular flexibility index (Phi) is 5.89. The molecule has 1 aliphatic carbocycles. The molecule has 2 amide bonds. The van der Waals surface area contributed by atoms with E-state index >= 15 is 0 Å². The average Bonchev–Trinajstić information content (AvgIpc) is 3.31. The van der Waals surface area contributed by atoms with Crippen LogP contribution in [0.15, 0.2) is 24.3 Å². The highest BCUT2D eigenvalue weighted by Gasteiger charge is 2.45. The quantitative estimate of drug-likeness (QED) is 0.690. The number of hydrogen-bond donors (Lipinski definition) is 3. The number of rotatable bonds is 5. The molecule has 2 heterocycles. The monoisotopic (exact) mass is 390 g/mol. The molecule has 1 aromatic carbocycles. The predicted molar refractivity (Wildman–Crippen MR) is 100 cm³/mol. The zero-order chi connectivity index (χ0) is 19.5. The lowest BCUT2D eigenvalue weighted by Gasteiger charge is -2.37. The number of ether oxygens (including phenoxy) is 1. The van der Waals surface area contributed by atoms with Crippen LogP contribution in [0.1, 0.15) is 31.2 Å². The van der Waals surface area contributed by atoms with Crippen LogP contribution in [0.5, 0.6) is 0 Å². The molecule has 1 aromatic rings. The topological polar surface area (TPSA) is 82.7 Å². The molecule has 152 valence electrons. The maximum Gasteiger partial charge on any atom is 0.241 e. The van der Waals surface area contributed by atoms with E-state index in [0.29, 0.717) is 37.3 Å². The van der Waals surface area contributed by atoms with Crippen LogP contribution in [0.2, 0.25) is 0 Å². The van der Waals surface area contributed by atoms with Gasteiger partial charge in [-0.25, -0.2) is 9.82 Å². The molecule has 7 nitrogen and oxygen atoms in total. The normalized spacial score (nSPS) is 29.5. The third-order valence-corrected chi connectivity index (χ3v) is 6.05. The van der Waals surface area contributed by atoms with Crippen molar-refractivity contribution in [1.29, 1.82) is 0 Å². The first-order valence-corrected chi connectivity index (χ1v) is 10.0. The van der Waals surface area contributed by atoms with Gasteiger partial charge in [-0.2, -0.15) is 0 Å². The summed E-state index contributed by atoms with van der Waals surface area (Å²) >= 11 is 0. The summed E-state index contributed by atoms with van der Waals surface area (Å²) in [6.07, 6.45) is 3.42. The highest BCUT2D eigenvalue weighted by molar-refractivity contribution is 5.84. The zero-order valence-electron chi connectivity index (χ0n) is 15.8. The van der Waals surface area contributed by atoms with Crippen LogP contribution in [0.3, 0.4) is 0 Å². The van der Waals surface area contributed by atoms with Gasteiger partial charge in [0.05, 0.1) is 19.3 Å². The van der Waals surface area contributed by atoms with Gasteiger partial charge in [0.1, 0.15) is 11.9 Å². The first-order valence-electron chi connectivity index (χ1n) is 10.0. The molecule has 4 rings (SSSR count).